The van der Waals surface area contributed by atoms with Crippen LogP contribution in [0.5, 0.6) is 17.2 Å². The Kier molecular flexibility index (Phi) is 8.88. The van der Waals surface area contributed by atoms with Gasteiger partial charge in [-0.15, -0.1) is 16.8 Å². The number of thioether (sulfide) groups is 1. The number of hydrogen-bond donors (Lipinski definition) is 0. The van der Waals surface area contributed by atoms with Gasteiger partial charge in [0.1, 0.15) is 5.82 Å². The van der Waals surface area contributed by atoms with Crippen molar-refractivity contribution >= 4 is 23.4 Å². The first-order valence-electron chi connectivity index (χ1n) is 8.90. The van der Waals surface area contributed by atoms with Crippen molar-refractivity contribution in [3.05, 3.63) is 47.8 Å². The first-order valence-corrected chi connectivity index (χ1v) is 10.3. The number of hydrogen-bond acceptors (Lipinski definition) is 7. The van der Waals surface area contributed by atoms with Gasteiger partial charge in [-0.05, 0) is 13.1 Å². The maximum absolute atomic E-state index is 5.88. The lowest BCUT2D eigenvalue weighted by atomic mass is 10.1. The van der Waals surface area contributed by atoms with Crippen molar-refractivity contribution < 1.29 is 14.2 Å². The topological polar surface area (TPSA) is 61.6 Å². The first-order chi connectivity index (χ1) is 13.9. The highest BCUT2D eigenvalue weighted by Gasteiger charge is 2.19. The lowest BCUT2D eigenvalue weighted by Gasteiger charge is -2.20. The van der Waals surface area contributed by atoms with E-state index in [1.165, 1.54) is 11.8 Å². The van der Waals surface area contributed by atoms with Crippen molar-refractivity contribution in [1.82, 2.24) is 19.7 Å². The van der Waals surface area contributed by atoms with Crippen LogP contribution in [0.2, 0.25) is 0 Å². The normalized spacial score (nSPS) is 10.8. The summed E-state index contributed by atoms with van der Waals surface area (Å²) in [5.41, 5.74) is 0.982. The maximum atomic E-state index is 5.88. The molecule has 0 bridgehead atoms. The number of methoxy groups -OCH3 is 3. The van der Waals surface area contributed by atoms with Gasteiger partial charge in [-0.1, -0.05) is 42.1 Å². The molecule has 9 heteroatoms. The second-order valence-corrected chi connectivity index (χ2v) is 7.75. The summed E-state index contributed by atoms with van der Waals surface area (Å²) in [7, 11) is 6.83. The molecule has 29 heavy (non-hydrogen) atoms. The predicted octanol–water partition coefficient (Wildman–Crippen LogP) is 3.97. The minimum absolute atomic E-state index is 0.572. The van der Waals surface area contributed by atoms with Crippen molar-refractivity contribution in [2.24, 2.45) is 0 Å². The van der Waals surface area contributed by atoms with Crippen LogP contribution >= 0.6 is 23.4 Å². The van der Waals surface area contributed by atoms with Crippen LogP contribution in [0, 0.1) is 0 Å². The van der Waals surface area contributed by atoms with Crippen molar-refractivity contribution in [3.63, 3.8) is 0 Å². The molecule has 0 fully saturated rings. The lowest BCUT2D eigenvalue weighted by molar-refractivity contribution is 0.288. The Morgan fingerprint density at radius 1 is 1.17 bits per heavy atom. The highest BCUT2D eigenvalue weighted by molar-refractivity contribution is 7.99. The summed E-state index contributed by atoms with van der Waals surface area (Å²) in [6.07, 6.45) is 1.82. The predicted molar refractivity (Wildman–Crippen MR) is 117 cm³/mol. The molecule has 0 saturated carbocycles. The number of ether oxygens (including phenoxy) is 3. The van der Waals surface area contributed by atoms with Crippen molar-refractivity contribution in [3.8, 4) is 17.2 Å². The van der Waals surface area contributed by atoms with E-state index in [1.54, 1.807) is 21.3 Å². The molecular weight excluding hydrogens is 412 g/mol. The molecule has 7 nitrogen and oxygen atoms in total. The third-order valence-electron chi connectivity index (χ3n) is 4.10. The molecule has 1 aromatic carbocycles. The fourth-order valence-electron chi connectivity index (χ4n) is 2.87. The van der Waals surface area contributed by atoms with Crippen LogP contribution in [-0.4, -0.2) is 53.8 Å². The quantitative estimate of drug-likeness (QED) is 0.367. The third-order valence-corrected chi connectivity index (χ3v) is 5.45. The van der Waals surface area contributed by atoms with E-state index in [1.807, 2.05) is 29.8 Å². The molecular formula is C20H27ClN4O3S. The zero-order chi connectivity index (χ0) is 21.4. The number of aromatic nitrogens is 3. The van der Waals surface area contributed by atoms with Crippen molar-refractivity contribution in [2.45, 2.75) is 24.8 Å². The van der Waals surface area contributed by atoms with E-state index < -0.39 is 0 Å². The van der Waals surface area contributed by atoms with E-state index in [9.17, 15) is 0 Å². The number of halogens is 1. The van der Waals surface area contributed by atoms with Crippen LogP contribution in [0.1, 0.15) is 11.4 Å². The smallest absolute Gasteiger partial charge is 0.203 e. The summed E-state index contributed by atoms with van der Waals surface area (Å²) in [5, 5.41) is 10.0. The maximum Gasteiger partial charge on any atom is 0.203 e. The Morgan fingerprint density at radius 2 is 1.90 bits per heavy atom. The molecule has 0 spiro atoms. The molecule has 158 valence electrons. The second kappa shape index (κ2) is 11.1. The van der Waals surface area contributed by atoms with Crippen LogP contribution < -0.4 is 14.2 Å². The molecule has 0 atom stereocenters. The molecule has 0 radical (unpaired) electrons. The van der Waals surface area contributed by atoms with Gasteiger partial charge in [0.15, 0.2) is 16.7 Å². The van der Waals surface area contributed by atoms with Gasteiger partial charge in [-0.3, -0.25) is 4.90 Å². The van der Waals surface area contributed by atoms with Gasteiger partial charge < -0.3 is 18.8 Å². The molecule has 0 aliphatic rings. The number of allylic oxidation sites excluding steroid dienone is 1. The summed E-state index contributed by atoms with van der Waals surface area (Å²) in [6, 6.07) is 3.84. The van der Waals surface area contributed by atoms with Gasteiger partial charge in [-0.25, -0.2) is 0 Å². The van der Waals surface area contributed by atoms with Crippen LogP contribution in [-0.2, 0) is 19.6 Å². The van der Waals surface area contributed by atoms with E-state index in [2.05, 4.69) is 28.3 Å². The fourth-order valence-corrected chi connectivity index (χ4v) is 3.76. The molecule has 0 N–H and O–H groups in total. The molecule has 0 aliphatic carbocycles. The van der Waals surface area contributed by atoms with Gasteiger partial charge in [0.05, 0.1) is 27.9 Å². The van der Waals surface area contributed by atoms with Gasteiger partial charge in [0.2, 0.25) is 5.75 Å². The summed E-state index contributed by atoms with van der Waals surface area (Å²) in [6.45, 7) is 9.40. The zero-order valence-electron chi connectivity index (χ0n) is 17.3. The lowest BCUT2D eigenvalue weighted by Crippen LogP contribution is -2.21. The summed E-state index contributed by atoms with van der Waals surface area (Å²) < 4.78 is 18.4. The van der Waals surface area contributed by atoms with Crippen molar-refractivity contribution in [2.75, 3.05) is 34.1 Å². The SMILES string of the molecule is C=CCn1c(CN(C)Cc2ccc(OC)c(OC)c2OC)nnc1SCC(=C)Cl. The Labute approximate surface area is 181 Å². The van der Waals surface area contributed by atoms with E-state index in [4.69, 9.17) is 25.8 Å². The van der Waals surface area contributed by atoms with Crippen molar-refractivity contribution in [1.29, 1.82) is 0 Å². The molecule has 2 aromatic rings. The minimum atomic E-state index is 0.572. The zero-order valence-corrected chi connectivity index (χ0v) is 18.8. The first kappa shape index (κ1) is 23.1. The van der Waals surface area contributed by atoms with Crippen LogP contribution in [0.25, 0.3) is 0 Å². The van der Waals surface area contributed by atoms with E-state index >= 15 is 0 Å². The summed E-state index contributed by atoms with van der Waals surface area (Å²) in [5.74, 6) is 3.28. The molecule has 0 unspecified atom stereocenters. The van der Waals surface area contributed by atoms with Gasteiger partial charge in [0.25, 0.3) is 0 Å². The van der Waals surface area contributed by atoms with Gasteiger partial charge in [0, 0.05) is 29.4 Å². The fraction of sp³-hybridized carbons (Fsp3) is 0.400. The standard InChI is InChI=1S/C20H27ClN4O3S/c1-7-10-25-17(22-23-20(25)29-13-14(2)21)12-24(3)11-15-8-9-16(26-4)19(28-6)18(15)27-5/h7-9H,1-2,10-13H2,3-6H3. The number of benzene rings is 1. The van der Waals surface area contributed by atoms with E-state index in [0.29, 0.717) is 47.7 Å². The third kappa shape index (κ3) is 5.91. The summed E-state index contributed by atoms with van der Waals surface area (Å²) in [4.78, 5) is 2.13. The highest BCUT2D eigenvalue weighted by atomic mass is 35.5. The molecule has 2 rings (SSSR count). The monoisotopic (exact) mass is 438 g/mol. The van der Waals surface area contributed by atoms with Crippen LogP contribution in [0.15, 0.2) is 41.6 Å². The number of nitrogens with zero attached hydrogens (tertiary/aromatic N) is 4. The number of rotatable bonds is 12. The van der Waals surface area contributed by atoms with Crippen LogP contribution in [0.4, 0.5) is 0 Å². The Balaban J connectivity index is 2.20. The Hall–Kier alpha value is -2.16. The molecule has 1 heterocycles. The van der Waals surface area contributed by atoms with E-state index in [-0.39, 0.29) is 0 Å². The summed E-state index contributed by atoms with van der Waals surface area (Å²) >= 11 is 7.38. The molecule has 0 amide bonds. The Bertz CT molecular complexity index is 856. The largest absolute Gasteiger partial charge is 0.493 e. The molecule has 1 aromatic heterocycles. The molecule has 0 aliphatic heterocycles. The van der Waals surface area contributed by atoms with Crippen LogP contribution in [0.3, 0.4) is 0 Å². The molecule has 0 saturated heterocycles. The van der Waals surface area contributed by atoms with E-state index in [0.717, 1.165) is 16.5 Å². The average molecular weight is 439 g/mol. The van der Waals surface area contributed by atoms with Gasteiger partial charge in [-0.2, -0.15) is 0 Å². The second-order valence-electron chi connectivity index (χ2n) is 6.27. The van der Waals surface area contributed by atoms with Gasteiger partial charge >= 0.3 is 0 Å². The average Bonchev–Trinajstić information content (AvgIpc) is 3.07. The minimum Gasteiger partial charge on any atom is -0.493 e. The Morgan fingerprint density at radius 3 is 2.48 bits per heavy atom. The highest BCUT2D eigenvalue weighted by Crippen LogP contribution is 2.40.